The van der Waals surface area contributed by atoms with Gasteiger partial charge in [0.25, 0.3) is 0 Å². The first-order chi connectivity index (χ1) is 6.88. The Morgan fingerprint density at radius 3 is 2.29 bits per heavy atom. The molecule has 0 bridgehead atoms. The number of nitrogens with two attached hydrogens (primary N) is 1. The molecule has 0 spiro atoms. The Hall–Kier alpha value is -1.67. The second kappa shape index (κ2) is 4.03. The number of nitrogens with zero attached hydrogens (tertiary/aromatic N) is 1. The van der Waals surface area contributed by atoms with E-state index in [0.29, 0.717) is 0 Å². The topological polar surface area (TPSA) is 38.9 Å². The van der Waals surface area contributed by atoms with Crippen molar-refractivity contribution in [3.8, 4) is 0 Å². The standard InChI is InChI=1S/C12H12N2/c13-12(10-5-2-1-3-6-10)11-7-4-8-14-9-11/h1-9,12H,13H2/t12-/m0/s1. The van der Waals surface area contributed by atoms with Gasteiger partial charge in [-0.05, 0) is 17.2 Å². The van der Waals surface area contributed by atoms with Crippen molar-refractivity contribution in [1.82, 2.24) is 4.98 Å². The molecule has 2 heteroatoms. The summed E-state index contributed by atoms with van der Waals surface area (Å²) in [6, 6.07) is 13.8. The molecule has 0 aliphatic rings. The van der Waals surface area contributed by atoms with Crippen LogP contribution in [0, 0.1) is 0 Å². The lowest BCUT2D eigenvalue weighted by Crippen LogP contribution is -2.11. The van der Waals surface area contributed by atoms with Crippen LogP contribution in [0.25, 0.3) is 0 Å². The van der Waals surface area contributed by atoms with Crippen LogP contribution in [-0.2, 0) is 0 Å². The lowest BCUT2D eigenvalue weighted by atomic mass is 10.0. The Balaban J connectivity index is 2.30. The summed E-state index contributed by atoms with van der Waals surface area (Å²) in [6.45, 7) is 0. The third-order valence-electron chi connectivity index (χ3n) is 2.20. The minimum Gasteiger partial charge on any atom is -0.320 e. The van der Waals surface area contributed by atoms with Crippen molar-refractivity contribution in [3.63, 3.8) is 0 Å². The highest BCUT2D eigenvalue weighted by molar-refractivity contribution is 5.28. The molecule has 2 N–H and O–H groups in total. The van der Waals surface area contributed by atoms with E-state index in [9.17, 15) is 0 Å². The minimum atomic E-state index is -0.0788. The summed E-state index contributed by atoms with van der Waals surface area (Å²) in [5.74, 6) is 0. The summed E-state index contributed by atoms with van der Waals surface area (Å²) >= 11 is 0. The average molecular weight is 184 g/mol. The zero-order valence-electron chi connectivity index (χ0n) is 7.80. The van der Waals surface area contributed by atoms with Gasteiger partial charge in [-0.1, -0.05) is 36.4 Å². The highest BCUT2D eigenvalue weighted by Gasteiger charge is 2.06. The van der Waals surface area contributed by atoms with Crippen molar-refractivity contribution in [2.24, 2.45) is 5.73 Å². The van der Waals surface area contributed by atoms with Crippen LogP contribution in [-0.4, -0.2) is 4.98 Å². The SMILES string of the molecule is N[C@@H](c1ccccc1)c1cccnc1. The highest BCUT2D eigenvalue weighted by atomic mass is 14.7. The zero-order chi connectivity index (χ0) is 9.80. The molecular weight excluding hydrogens is 172 g/mol. The molecule has 0 unspecified atom stereocenters. The second-order valence-corrected chi connectivity index (χ2v) is 3.17. The van der Waals surface area contributed by atoms with Gasteiger partial charge in [0.1, 0.15) is 0 Å². The smallest absolute Gasteiger partial charge is 0.0566 e. The second-order valence-electron chi connectivity index (χ2n) is 3.17. The van der Waals surface area contributed by atoms with Crippen molar-refractivity contribution < 1.29 is 0 Å². The van der Waals surface area contributed by atoms with E-state index < -0.39 is 0 Å². The molecule has 0 aliphatic heterocycles. The molecule has 1 atom stereocenters. The number of hydrogen-bond donors (Lipinski definition) is 1. The van der Waals surface area contributed by atoms with Gasteiger partial charge >= 0.3 is 0 Å². The van der Waals surface area contributed by atoms with Crippen LogP contribution in [0.4, 0.5) is 0 Å². The van der Waals surface area contributed by atoms with Gasteiger partial charge in [-0.3, -0.25) is 4.98 Å². The predicted octanol–water partition coefficient (Wildman–Crippen LogP) is 2.13. The van der Waals surface area contributed by atoms with Crippen LogP contribution in [0.2, 0.25) is 0 Å². The fourth-order valence-electron chi connectivity index (χ4n) is 1.41. The number of aromatic nitrogens is 1. The van der Waals surface area contributed by atoms with Crippen LogP contribution in [0.3, 0.4) is 0 Å². The Bertz CT molecular complexity index is 344. The number of hydrogen-bond acceptors (Lipinski definition) is 2. The predicted molar refractivity (Wildman–Crippen MR) is 56.7 cm³/mol. The third kappa shape index (κ3) is 1.80. The Kier molecular flexibility index (Phi) is 2.56. The molecule has 1 heterocycles. The van der Waals surface area contributed by atoms with Crippen LogP contribution in [0.1, 0.15) is 17.2 Å². The van der Waals surface area contributed by atoms with Gasteiger partial charge in [-0.25, -0.2) is 0 Å². The van der Waals surface area contributed by atoms with E-state index in [0.717, 1.165) is 11.1 Å². The van der Waals surface area contributed by atoms with Crippen molar-refractivity contribution >= 4 is 0 Å². The van der Waals surface area contributed by atoms with Crippen molar-refractivity contribution in [1.29, 1.82) is 0 Å². The van der Waals surface area contributed by atoms with Crippen molar-refractivity contribution in [2.75, 3.05) is 0 Å². The largest absolute Gasteiger partial charge is 0.320 e. The van der Waals surface area contributed by atoms with Crippen molar-refractivity contribution in [3.05, 3.63) is 66.0 Å². The zero-order valence-corrected chi connectivity index (χ0v) is 7.80. The van der Waals surface area contributed by atoms with Crippen LogP contribution in [0.5, 0.6) is 0 Å². The summed E-state index contributed by atoms with van der Waals surface area (Å²) in [5, 5.41) is 0. The van der Waals surface area contributed by atoms with Gasteiger partial charge in [-0.2, -0.15) is 0 Å². The lowest BCUT2D eigenvalue weighted by molar-refractivity contribution is 0.863. The lowest BCUT2D eigenvalue weighted by Gasteiger charge is -2.11. The summed E-state index contributed by atoms with van der Waals surface area (Å²) in [6.07, 6.45) is 3.55. The van der Waals surface area contributed by atoms with Gasteiger partial charge in [0.2, 0.25) is 0 Å². The van der Waals surface area contributed by atoms with Gasteiger partial charge in [-0.15, -0.1) is 0 Å². The minimum absolute atomic E-state index is 0.0788. The summed E-state index contributed by atoms with van der Waals surface area (Å²) in [5.41, 5.74) is 8.23. The molecule has 2 aromatic rings. The van der Waals surface area contributed by atoms with Crippen LogP contribution < -0.4 is 5.73 Å². The quantitative estimate of drug-likeness (QED) is 0.776. The molecule has 2 nitrogen and oxygen atoms in total. The monoisotopic (exact) mass is 184 g/mol. The van der Waals surface area contributed by atoms with E-state index in [1.807, 2.05) is 42.5 Å². The Morgan fingerprint density at radius 1 is 0.929 bits per heavy atom. The molecular formula is C12H12N2. The molecule has 0 radical (unpaired) electrons. The van der Waals surface area contributed by atoms with Crippen LogP contribution >= 0.6 is 0 Å². The maximum Gasteiger partial charge on any atom is 0.0566 e. The molecule has 1 aromatic carbocycles. The fraction of sp³-hybridized carbons (Fsp3) is 0.0833. The maximum atomic E-state index is 6.08. The summed E-state index contributed by atoms with van der Waals surface area (Å²) < 4.78 is 0. The van der Waals surface area contributed by atoms with E-state index in [1.54, 1.807) is 12.4 Å². The first-order valence-corrected chi connectivity index (χ1v) is 4.58. The molecule has 0 amide bonds. The number of rotatable bonds is 2. The normalized spacial score (nSPS) is 12.4. The van der Waals surface area contributed by atoms with E-state index in [4.69, 9.17) is 5.73 Å². The van der Waals surface area contributed by atoms with Crippen molar-refractivity contribution in [2.45, 2.75) is 6.04 Å². The molecule has 2 rings (SSSR count). The van der Waals surface area contributed by atoms with E-state index in [2.05, 4.69) is 4.98 Å². The van der Waals surface area contributed by atoms with Gasteiger partial charge in [0.05, 0.1) is 6.04 Å². The molecule has 0 saturated heterocycles. The summed E-state index contributed by atoms with van der Waals surface area (Å²) in [7, 11) is 0. The number of benzene rings is 1. The van der Waals surface area contributed by atoms with Gasteiger partial charge in [0, 0.05) is 12.4 Å². The van der Waals surface area contributed by atoms with Gasteiger partial charge in [0.15, 0.2) is 0 Å². The highest BCUT2D eigenvalue weighted by Crippen LogP contribution is 2.17. The molecule has 0 aliphatic carbocycles. The molecule has 0 fully saturated rings. The molecule has 14 heavy (non-hydrogen) atoms. The fourth-order valence-corrected chi connectivity index (χ4v) is 1.41. The molecule has 1 aromatic heterocycles. The van der Waals surface area contributed by atoms with E-state index in [1.165, 1.54) is 0 Å². The Morgan fingerprint density at radius 2 is 1.64 bits per heavy atom. The number of pyridine rings is 1. The Labute approximate surface area is 83.4 Å². The van der Waals surface area contributed by atoms with E-state index >= 15 is 0 Å². The first kappa shape index (κ1) is 8.91. The molecule has 70 valence electrons. The maximum absolute atomic E-state index is 6.08. The average Bonchev–Trinajstić information content (AvgIpc) is 2.30. The van der Waals surface area contributed by atoms with Crippen LogP contribution in [0.15, 0.2) is 54.9 Å². The van der Waals surface area contributed by atoms with E-state index in [-0.39, 0.29) is 6.04 Å². The third-order valence-corrected chi connectivity index (χ3v) is 2.20. The van der Waals surface area contributed by atoms with Gasteiger partial charge < -0.3 is 5.73 Å². The summed E-state index contributed by atoms with van der Waals surface area (Å²) in [4.78, 5) is 4.05. The first-order valence-electron chi connectivity index (χ1n) is 4.58. The molecule has 0 saturated carbocycles.